The molecule has 0 atom stereocenters. The van der Waals surface area contributed by atoms with Gasteiger partial charge in [-0.15, -0.1) is 6.58 Å². The van der Waals surface area contributed by atoms with E-state index >= 15 is 0 Å². The summed E-state index contributed by atoms with van der Waals surface area (Å²) in [6, 6.07) is 0. The monoisotopic (exact) mass is 206 g/mol. The molecule has 2 fully saturated rings. The summed E-state index contributed by atoms with van der Waals surface area (Å²) in [4.78, 5) is 11.5. The van der Waals surface area contributed by atoms with Crippen molar-refractivity contribution in [3.05, 3.63) is 24.8 Å². The molecule has 2 saturated carbocycles. The van der Waals surface area contributed by atoms with E-state index in [2.05, 4.69) is 19.2 Å². The van der Waals surface area contributed by atoms with Gasteiger partial charge in [-0.2, -0.15) is 0 Å². The van der Waals surface area contributed by atoms with Crippen molar-refractivity contribution in [1.29, 1.82) is 0 Å². The normalized spacial score (nSPS) is 37.7. The summed E-state index contributed by atoms with van der Waals surface area (Å²) in [5.74, 6) is -0.239. The summed E-state index contributed by atoms with van der Waals surface area (Å²) in [5.41, 5.74) is 0.534. The molecule has 0 aromatic heterocycles. The molecular formula is C13H18O2. The van der Waals surface area contributed by atoms with Gasteiger partial charge in [-0.3, -0.25) is 0 Å². The molecule has 0 aromatic carbocycles. The minimum absolute atomic E-state index is 0.204. The molecule has 0 aliphatic heterocycles. The number of ether oxygens (including phenoxy) is 1. The summed E-state index contributed by atoms with van der Waals surface area (Å²) >= 11 is 0. The highest BCUT2D eigenvalue weighted by Crippen LogP contribution is 2.58. The first-order valence-electron chi connectivity index (χ1n) is 5.53. The number of allylic oxidation sites excluding steroid dienone is 1. The van der Waals surface area contributed by atoms with Crippen LogP contribution in [0.3, 0.4) is 0 Å². The van der Waals surface area contributed by atoms with E-state index in [1.165, 1.54) is 0 Å². The largest absolute Gasteiger partial charge is 0.456 e. The topological polar surface area (TPSA) is 26.3 Å². The Kier molecular flexibility index (Phi) is 2.25. The standard InChI is InChI=1S/C13H18O2/c1-4-12-5-7-13(9-12,8-6-12)15-11(14)10(2)3/h4H,1-2,5-9H2,3H3. The first kappa shape index (κ1) is 10.5. The van der Waals surface area contributed by atoms with Gasteiger partial charge in [0.15, 0.2) is 0 Å². The number of carbonyl (C=O) groups excluding carboxylic acids is 1. The lowest BCUT2D eigenvalue weighted by atomic mass is 9.84. The molecule has 0 saturated heterocycles. The van der Waals surface area contributed by atoms with Gasteiger partial charge in [0.2, 0.25) is 0 Å². The summed E-state index contributed by atoms with van der Waals surface area (Å²) in [6.45, 7) is 9.22. The molecule has 2 aliphatic rings. The van der Waals surface area contributed by atoms with Gasteiger partial charge in [-0.05, 0) is 44.4 Å². The Morgan fingerprint density at radius 3 is 2.33 bits per heavy atom. The van der Waals surface area contributed by atoms with E-state index in [1.54, 1.807) is 6.92 Å². The number of fused-ring (bicyclic) bond motifs is 2. The summed E-state index contributed by atoms with van der Waals surface area (Å²) in [7, 11) is 0. The number of esters is 1. The lowest BCUT2D eigenvalue weighted by molar-refractivity contribution is -0.153. The van der Waals surface area contributed by atoms with Crippen molar-refractivity contribution in [2.24, 2.45) is 5.41 Å². The molecule has 0 spiro atoms. The molecule has 0 radical (unpaired) electrons. The molecular weight excluding hydrogens is 188 g/mol. The van der Waals surface area contributed by atoms with Crippen LogP contribution in [0.2, 0.25) is 0 Å². The fourth-order valence-corrected chi connectivity index (χ4v) is 2.90. The number of hydrogen-bond acceptors (Lipinski definition) is 2. The van der Waals surface area contributed by atoms with E-state index in [0.717, 1.165) is 32.1 Å². The molecule has 0 N–H and O–H groups in total. The molecule has 82 valence electrons. The fourth-order valence-electron chi connectivity index (χ4n) is 2.90. The van der Waals surface area contributed by atoms with E-state index in [0.29, 0.717) is 5.57 Å². The SMILES string of the molecule is C=CC12CCC(OC(=O)C(=C)C)(CC1)C2. The van der Waals surface area contributed by atoms with Gasteiger partial charge in [0.05, 0.1) is 0 Å². The third-order valence-electron chi connectivity index (χ3n) is 3.92. The van der Waals surface area contributed by atoms with E-state index in [4.69, 9.17) is 4.74 Å². The minimum Gasteiger partial charge on any atom is -0.456 e. The molecule has 2 aliphatic carbocycles. The Morgan fingerprint density at radius 2 is 1.93 bits per heavy atom. The Bertz CT molecular complexity index is 319. The summed E-state index contributed by atoms with van der Waals surface area (Å²) < 4.78 is 5.59. The van der Waals surface area contributed by atoms with Crippen LogP contribution in [0.5, 0.6) is 0 Å². The van der Waals surface area contributed by atoms with Crippen molar-refractivity contribution in [2.45, 2.75) is 44.6 Å². The van der Waals surface area contributed by atoms with Gasteiger partial charge in [-0.1, -0.05) is 12.7 Å². The second kappa shape index (κ2) is 3.22. The number of hydrogen-bond donors (Lipinski definition) is 0. The molecule has 0 heterocycles. The van der Waals surface area contributed by atoms with E-state index < -0.39 is 0 Å². The predicted octanol–water partition coefficient (Wildman–Crippen LogP) is 2.99. The van der Waals surface area contributed by atoms with Crippen LogP contribution in [-0.4, -0.2) is 11.6 Å². The fraction of sp³-hybridized carbons (Fsp3) is 0.615. The first-order valence-corrected chi connectivity index (χ1v) is 5.53. The average molecular weight is 206 g/mol. The van der Waals surface area contributed by atoms with Crippen LogP contribution in [0.15, 0.2) is 24.8 Å². The highest BCUT2D eigenvalue weighted by atomic mass is 16.6. The third kappa shape index (κ3) is 1.62. The van der Waals surface area contributed by atoms with Crippen molar-refractivity contribution in [3.8, 4) is 0 Å². The molecule has 0 unspecified atom stereocenters. The molecule has 0 aromatic rings. The lowest BCUT2D eigenvalue weighted by Gasteiger charge is -2.26. The van der Waals surface area contributed by atoms with E-state index in [1.807, 2.05) is 0 Å². The van der Waals surface area contributed by atoms with Gasteiger partial charge in [0, 0.05) is 5.57 Å². The predicted molar refractivity (Wildman–Crippen MR) is 59.4 cm³/mol. The maximum atomic E-state index is 11.5. The van der Waals surface area contributed by atoms with Gasteiger partial charge in [0.25, 0.3) is 0 Å². The zero-order valence-electron chi connectivity index (χ0n) is 9.34. The quantitative estimate of drug-likeness (QED) is 0.403. The second-order valence-corrected chi connectivity index (χ2v) is 5.10. The van der Waals surface area contributed by atoms with Crippen LogP contribution in [0, 0.1) is 5.41 Å². The van der Waals surface area contributed by atoms with Crippen molar-refractivity contribution < 1.29 is 9.53 Å². The van der Waals surface area contributed by atoms with Crippen LogP contribution in [-0.2, 0) is 9.53 Å². The van der Waals surface area contributed by atoms with Gasteiger partial charge < -0.3 is 4.74 Å². The van der Waals surface area contributed by atoms with Gasteiger partial charge in [-0.25, -0.2) is 4.79 Å². The number of carbonyl (C=O) groups is 1. The van der Waals surface area contributed by atoms with Gasteiger partial charge >= 0.3 is 5.97 Å². The van der Waals surface area contributed by atoms with Crippen molar-refractivity contribution in [3.63, 3.8) is 0 Å². The smallest absolute Gasteiger partial charge is 0.333 e. The third-order valence-corrected chi connectivity index (χ3v) is 3.92. The van der Waals surface area contributed by atoms with Crippen molar-refractivity contribution >= 4 is 5.97 Å². The highest BCUT2D eigenvalue weighted by molar-refractivity contribution is 5.87. The zero-order valence-corrected chi connectivity index (χ0v) is 9.34. The highest BCUT2D eigenvalue weighted by Gasteiger charge is 2.55. The Balaban J connectivity index is 2.09. The minimum atomic E-state index is -0.239. The van der Waals surface area contributed by atoms with Crippen LogP contribution in [0.4, 0.5) is 0 Å². The Morgan fingerprint density at radius 1 is 1.33 bits per heavy atom. The maximum Gasteiger partial charge on any atom is 0.333 e. The molecule has 2 nitrogen and oxygen atoms in total. The van der Waals surface area contributed by atoms with Crippen molar-refractivity contribution in [2.75, 3.05) is 0 Å². The maximum absolute atomic E-state index is 11.5. The summed E-state index contributed by atoms with van der Waals surface area (Å²) in [5, 5.41) is 0. The van der Waals surface area contributed by atoms with Crippen LogP contribution < -0.4 is 0 Å². The second-order valence-electron chi connectivity index (χ2n) is 5.10. The number of rotatable bonds is 3. The Hall–Kier alpha value is -1.05. The van der Waals surface area contributed by atoms with E-state index in [9.17, 15) is 4.79 Å². The zero-order chi connectivity index (χ0) is 11.1. The lowest BCUT2D eigenvalue weighted by Crippen LogP contribution is -2.30. The molecule has 2 rings (SSSR count). The van der Waals surface area contributed by atoms with Crippen LogP contribution in [0.25, 0.3) is 0 Å². The molecule has 2 bridgehead atoms. The van der Waals surface area contributed by atoms with Crippen LogP contribution >= 0.6 is 0 Å². The average Bonchev–Trinajstić information content (AvgIpc) is 2.73. The van der Waals surface area contributed by atoms with Crippen molar-refractivity contribution in [1.82, 2.24) is 0 Å². The van der Waals surface area contributed by atoms with Crippen LogP contribution in [0.1, 0.15) is 39.0 Å². The molecule has 15 heavy (non-hydrogen) atoms. The van der Waals surface area contributed by atoms with Gasteiger partial charge in [0.1, 0.15) is 5.60 Å². The molecule has 2 heteroatoms. The first-order chi connectivity index (χ1) is 7.01. The van der Waals surface area contributed by atoms with E-state index in [-0.39, 0.29) is 17.0 Å². The Labute approximate surface area is 91.0 Å². The molecule has 0 amide bonds. The summed E-state index contributed by atoms with van der Waals surface area (Å²) in [6.07, 6.45) is 7.20.